The number of rotatable bonds is 8. The van der Waals surface area contributed by atoms with Crippen molar-refractivity contribution < 1.29 is 0 Å². The highest BCUT2D eigenvalue weighted by atomic mass is 15.1. The zero-order chi connectivity index (χ0) is 44.2. The maximum Gasteiger partial charge on any atom is 0.0465 e. The Bertz CT molecular complexity index is 3480. The van der Waals surface area contributed by atoms with Crippen LogP contribution in [0, 0.1) is 0 Å². The Balaban J connectivity index is 0.838. The number of hydrogen-bond acceptors (Lipinski definition) is 1. The molecule has 0 fully saturated rings. The lowest BCUT2D eigenvalue weighted by Crippen LogP contribution is -2.16. The summed E-state index contributed by atoms with van der Waals surface area (Å²) >= 11 is 0. The normalized spacial score (nSPS) is 12.5. The van der Waals surface area contributed by atoms with Gasteiger partial charge in [-0.3, -0.25) is 0 Å². The third kappa shape index (κ3) is 6.98. The SMILES string of the molecule is CC1(C)c2cc(-c3ccc(-c4ccc5cc(-c6cccc7ccccc67)ccc5c4)cc3)ccc2-c2ccc(N(c3ccc(-c4ccccc4)cc3)c3ccc(-c4ccccc4)cc3)cc21. The molecule has 0 radical (unpaired) electrons. The summed E-state index contributed by atoms with van der Waals surface area (Å²) in [7, 11) is 0. The summed E-state index contributed by atoms with van der Waals surface area (Å²) in [6, 6.07) is 91.3. The summed E-state index contributed by atoms with van der Waals surface area (Å²) < 4.78 is 0. The average Bonchev–Trinajstić information content (AvgIpc) is 3.61. The first-order chi connectivity index (χ1) is 32.4. The zero-order valence-corrected chi connectivity index (χ0v) is 37.1. The third-order valence-electron chi connectivity index (χ3n) is 13.9. The highest BCUT2D eigenvalue weighted by Gasteiger charge is 2.36. The van der Waals surface area contributed by atoms with Crippen molar-refractivity contribution in [2.24, 2.45) is 0 Å². The molecule has 1 nitrogen and oxygen atoms in total. The fourth-order valence-electron chi connectivity index (χ4n) is 10.3. The highest BCUT2D eigenvalue weighted by Crippen LogP contribution is 2.52. The summed E-state index contributed by atoms with van der Waals surface area (Å²) in [4.78, 5) is 2.40. The fraction of sp³-hybridized carbons (Fsp3) is 0.0462. The molecule has 0 bridgehead atoms. The Morgan fingerprint density at radius 2 is 0.667 bits per heavy atom. The first-order valence-electron chi connectivity index (χ1n) is 23.0. The maximum atomic E-state index is 2.43. The van der Waals surface area contributed by atoms with Crippen molar-refractivity contribution in [3.05, 3.63) is 260 Å². The predicted octanol–water partition coefficient (Wildman–Crippen LogP) is 18.1. The summed E-state index contributed by atoms with van der Waals surface area (Å²) in [5, 5.41) is 5.04. The maximum absolute atomic E-state index is 2.43. The molecule has 0 aromatic heterocycles. The third-order valence-corrected chi connectivity index (χ3v) is 13.9. The monoisotopic (exact) mass is 841 g/mol. The lowest BCUT2D eigenvalue weighted by molar-refractivity contribution is 0.660. The van der Waals surface area contributed by atoms with E-state index in [4.69, 9.17) is 0 Å². The van der Waals surface area contributed by atoms with Gasteiger partial charge in [-0.25, -0.2) is 0 Å². The van der Waals surface area contributed by atoms with Crippen molar-refractivity contribution in [2.45, 2.75) is 19.3 Å². The van der Waals surface area contributed by atoms with Gasteiger partial charge in [0, 0.05) is 22.5 Å². The summed E-state index contributed by atoms with van der Waals surface area (Å²) in [6.07, 6.45) is 0. The smallest absolute Gasteiger partial charge is 0.0465 e. The van der Waals surface area contributed by atoms with Gasteiger partial charge in [-0.1, -0.05) is 208 Å². The molecule has 0 spiro atoms. The molecule has 0 saturated carbocycles. The number of hydrogen-bond donors (Lipinski definition) is 0. The second kappa shape index (κ2) is 16.1. The molecular weight excluding hydrogens is 795 g/mol. The van der Waals surface area contributed by atoms with Crippen LogP contribution in [-0.2, 0) is 5.41 Å². The van der Waals surface area contributed by atoms with Crippen LogP contribution in [0.5, 0.6) is 0 Å². The summed E-state index contributed by atoms with van der Waals surface area (Å²) in [6.45, 7) is 4.76. The van der Waals surface area contributed by atoms with Gasteiger partial charge in [-0.2, -0.15) is 0 Å². The molecule has 312 valence electrons. The molecule has 11 aromatic carbocycles. The predicted molar refractivity (Wildman–Crippen MR) is 281 cm³/mol. The summed E-state index contributed by atoms with van der Waals surface area (Å²) in [5.74, 6) is 0. The standard InChI is InChI=1S/C65H47N/c1-65(2)63-42-54(49-22-20-48(21-23-49)51-24-25-53-41-55(27-26-52(53)40-51)60-19-11-17-50-16-9-10-18-59(50)60)32-38-61(63)62-39-37-58(43-64(62)65)66(56-33-28-46(29-34-56)44-12-5-3-6-13-44)57-35-30-47(31-36-57)45-14-7-4-8-15-45/h3-43H,1-2H3. The molecule has 1 aliphatic carbocycles. The Morgan fingerprint density at radius 3 is 1.29 bits per heavy atom. The average molecular weight is 842 g/mol. The molecule has 0 amide bonds. The molecule has 1 aliphatic rings. The van der Waals surface area contributed by atoms with E-state index in [1.165, 1.54) is 99.4 Å². The highest BCUT2D eigenvalue weighted by molar-refractivity contribution is 6.00. The first kappa shape index (κ1) is 39.3. The van der Waals surface area contributed by atoms with E-state index in [-0.39, 0.29) is 5.41 Å². The minimum absolute atomic E-state index is 0.199. The van der Waals surface area contributed by atoms with E-state index < -0.39 is 0 Å². The Labute approximate surface area is 387 Å². The number of benzene rings is 11. The largest absolute Gasteiger partial charge is 0.310 e. The van der Waals surface area contributed by atoms with Crippen molar-refractivity contribution in [2.75, 3.05) is 4.90 Å². The van der Waals surface area contributed by atoms with Crippen LogP contribution in [0.4, 0.5) is 17.1 Å². The van der Waals surface area contributed by atoms with Gasteiger partial charge < -0.3 is 4.90 Å². The van der Waals surface area contributed by atoms with E-state index in [2.05, 4.69) is 267 Å². The van der Waals surface area contributed by atoms with Crippen LogP contribution in [0.15, 0.2) is 249 Å². The van der Waals surface area contributed by atoms with Crippen molar-refractivity contribution in [3.63, 3.8) is 0 Å². The van der Waals surface area contributed by atoms with Gasteiger partial charge in [-0.05, 0) is 154 Å². The van der Waals surface area contributed by atoms with E-state index in [0.717, 1.165) is 17.1 Å². The topological polar surface area (TPSA) is 3.24 Å². The van der Waals surface area contributed by atoms with E-state index in [9.17, 15) is 0 Å². The molecule has 11 aromatic rings. The van der Waals surface area contributed by atoms with Gasteiger partial charge in [-0.15, -0.1) is 0 Å². The van der Waals surface area contributed by atoms with Crippen molar-refractivity contribution >= 4 is 38.6 Å². The molecule has 0 heterocycles. The molecule has 0 N–H and O–H groups in total. The second-order valence-corrected chi connectivity index (χ2v) is 18.2. The minimum Gasteiger partial charge on any atom is -0.310 e. The van der Waals surface area contributed by atoms with Crippen LogP contribution >= 0.6 is 0 Å². The van der Waals surface area contributed by atoms with Crippen LogP contribution in [-0.4, -0.2) is 0 Å². The van der Waals surface area contributed by atoms with Crippen molar-refractivity contribution in [1.82, 2.24) is 0 Å². The van der Waals surface area contributed by atoms with Crippen LogP contribution in [0.1, 0.15) is 25.0 Å². The van der Waals surface area contributed by atoms with Gasteiger partial charge >= 0.3 is 0 Å². The molecule has 12 rings (SSSR count). The van der Waals surface area contributed by atoms with Gasteiger partial charge in [0.25, 0.3) is 0 Å². The van der Waals surface area contributed by atoms with Gasteiger partial charge in [0.1, 0.15) is 0 Å². The molecule has 0 unspecified atom stereocenters. The molecule has 0 atom stereocenters. The minimum atomic E-state index is -0.199. The van der Waals surface area contributed by atoms with Crippen molar-refractivity contribution in [3.8, 4) is 66.8 Å². The van der Waals surface area contributed by atoms with E-state index in [1.807, 2.05) is 0 Å². The first-order valence-corrected chi connectivity index (χ1v) is 23.0. The molecule has 0 aliphatic heterocycles. The molecule has 66 heavy (non-hydrogen) atoms. The lowest BCUT2D eigenvalue weighted by atomic mass is 9.81. The van der Waals surface area contributed by atoms with Crippen LogP contribution < -0.4 is 4.90 Å². The van der Waals surface area contributed by atoms with Gasteiger partial charge in [0.15, 0.2) is 0 Å². The molecule has 1 heteroatoms. The van der Waals surface area contributed by atoms with Crippen LogP contribution in [0.3, 0.4) is 0 Å². The van der Waals surface area contributed by atoms with E-state index in [1.54, 1.807) is 0 Å². The lowest BCUT2D eigenvalue weighted by Gasteiger charge is -2.28. The van der Waals surface area contributed by atoms with Gasteiger partial charge in [0.05, 0.1) is 0 Å². The summed E-state index contributed by atoms with van der Waals surface area (Å²) in [5.41, 5.74) is 20.8. The number of nitrogens with zero attached hydrogens (tertiary/aromatic N) is 1. The number of anilines is 3. The van der Waals surface area contributed by atoms with Crippen molar-refractivity contribution in [1.29, 1.82) is 0 Å². The Morgan fingerprint density at radius 1 is 0.258 bits per heavy atom. The van der Waals surface area contributed by atoms with E-state index >= 15 is 0 Å². The van der Waals surface area contributed by atoms with Crippen LogP contribution in [0.25, 0.3) is 88.3 Å². The quantitative estimate of drug-likeness (QED) is 0.147. The number of fused-ring (bicyclic) bond motifs is 5. The fourth-order valence-corrected chi connectivity index (χ4v) is 10.3. The zero-order valence-electron chi connectivity index (χ0n) is 37.1. The Hall–Kier alpha value is -8.26. The molecular formula is C65H47N. The van der Waals surface area contributed by atoms with Crippen LogP contribution in [0.2, 0.25) is 0 Å². The molecule has 0 saturated heterocycles. The Kier molecular flexibility index (Phi) is 9.58. The second-order valence-electron chi connectivity index (χ2n) is 18.2. The van der Waals surface area contributed by atoms with E-state index in [0.29, 0.717) is 0 Å². The van der Waals surface area contributed by atoms with Gasteiger partial charge in [0.2, 0.25) is 0 Å².